The molecule has 0 saturated heterocycles. The Bertz CT molecular complexity index is 147. The summed E-state index contributed by atoms with van der Waals surface area (Å²) in [6, 6.07) is 0. The second-order valence-electron chi connectivity index (χ2n) is 1.93. The zero-order valence-corrected chi connectivity index (χ0v) is 6.52. The number of nitrogens with two attached hydrogens (primary N) is 1. The van der Waals surface area contributed by atoms with Gasteiger partial charge in [-0.05, 0) is 6.92 Å². The molecule has 0 saturated carbocycles. The molecule has 0 aromatic rings. The fourth-order valence-electron chi connectivity index (χ4n) is 0.511. The normalized spacial score (nSPS) is 8.91. The first kappa shape index (κ1) is 9.90. The van der Waals surface area contributed by atoms with Crippen molar-refractivity contribution in [2.45, 2.75) is 6.92 Å². The van der Waals surface area contributed by atoms with Gasteiger partial charge in [-0.1, -0.05) is 0 Å². The van der Waals surface area contributed by atoms with Crippen molar-refractivity contribution >= 4 is 11.8 Å². The van der Waals surface area contributed by atoms with Crippen LogP contribution in [-0.4, -0.2) is 31.4 Å². The Morgan fingerprint density at radius 3 is 2.36 bits per heavy atom. The van der Waals surface area contributed by atoms with E-state index in [0.29, 0.717) is 6.54 Å². The molecule has 0 aliphatic carbocycles. The maximum atomic E-state index is 10.7. The zero-order valence-electron chi connectivity index (χ0n) is 6.52. The minimum absolute atomic E-state index is 0.00384. The van der Waals surface area contributed by atoms with Crippen molar-refractivity contribution in [3.63, 3.8) is 0 Å². The molecule has 0 aromatic carbocycles. The van der Waals surface area contributed by atoms with Crippen molar-refractivity contribution in [1.82, 2.24) is 10.6 Å². The molecule has 4 N–H and O–H groups in total. The van der Waals surface area contributed by atoms with Crippen LogP contribution < -0.4 is 16.4 Å². The molecule has 5 nitrogen and oxygen atoms in total. The first-order valence-electron chi connectivity index (χ1n) is 3.44. The maximum absolute atomic E-state index is 10.7. The number of amides is 2. The summed E-state index contributed by atoms with van der Waals surface area (Å²) in [5.74, 6) is -0.523. The number of hydrogen-bond acceptors (Lipinski definition) is 3. The molecule has 0 atom stereocenters. The van der Waals surface area contributed by atoms with Crippen LogP contribution in [0.3, 0.4) is 0 Å². The van der Waals surface area contributed by atoms with Crippen LogP contribution in [-0.2, 0) is 9.59 Å². The zero-order chi connectivity index (χ0) is 8.69. The van der Waals surface area contributed by atoms with Crippen LogP contribution in [0.1, 0.15) is 6.92 Å². The summed E-state index contributed by atoms with van der Waals surface area (Å²) >= 11 is 0. The highest BCUT2D eigenvalue weighted by molar-refractivity contribution is 5.85. The highest BCUT2D eigenvalue weighted by Crippen LogP contribution is 1.64. The van der Waals surface area contributed by atoms with E-state index >= 15 is 0 Å². The van der Waals surface area contributed by atoms with Crippen LogP contribution in [0.25, 0.3) is 0 Å². The van der Waals surface area contributed by atoms with Gasteiger partial charge in [0.25, 0.3) is 0 Å². The number of likely N-dealkylation sites (N-methyl/N-ethyl adjacent to an activating group) is 1. The highest BCUT2D eigenvalue weighted by Gasteiger charge is 2.00. The van der Waals surface area contributed by atoms with E-state index in [1.807, 2.05) is 6.92 Å². The quantitative estimate of drug-likeness (QED) is 0.452. The highest BCUT2D eigenvalue weighted by atomic mass is 16.2. The van der Waals surface area contributed by atoms with E-state index in [0.717, 1.165) is 0 Å². The standard InChI is InChI=1S/C6H13N3O2/c1-2-8-6(11)4-9-5(10)3-7/h2-4,7H2,1H3,(H,8,11)(H,9,10). The Kier molecular flexibility index (Phi) is 5.10. The van der Waals surface area contributed by atoms with Crippen LogP contribution in [0.2, 0.25) is 0 Å². The fourth-order valence-corrected chi connectivity index (χ4v) is 0.511. The topological polar surface area (TPSA) is 84.2 Å². The van der Waals surface area contributed by atoms with Gasteiger partial charge in [0.15, 0.2) is 0 Å². The van der Waals surface area contributed by atoms with Gasteiger partial charge in [-0.15, -0.1) is 0 Å². The Morgan fingerprint density at radius 2 is 1.91 bits per heavy atom. The molecule has 0 aliphatic heterocycles. The average Bonchev–Trinajstić information content (AvgIpc) is 2.01. The number of hydrogen-bond donors (Lipinski definition) is 3. The third-order valence-corrected chi connectivity index (χ3v) is 1.01. The summed E-state index contributed by atoms with van der Waals surface area (Å²) in [5, 5.41) is 4.87. The van der Waals surface area contributed by atoms with Crippen LogP contribution in [0.4, 0.5) is 0 Å². The lowest BCUT2D eigenvalue weighted by atomic mass is 10.5. The lowest BCUT2D eigenvalue weighted by Crippen LogP contribution is -2.39. The minimum Gasteiger partial charge on any atom is -0.355 e. The molecule has 0 rings (SSSR count). The molecule has 0 aromatic heterocycles. The molecule has 0 aliphatic rings. The summed E-state index contributed by atoms with van der Waals surface area (Å²) in [6.07, 6.45) is 0. The summed E-state index contributed by atoms with van der Waals surface area (Å²) in [7, 11) is 0. The molecular formula is C6H13N3O2. The van der Waals surface area contributed by atoms with E-state index < -0.39 is 0 Å². The average molecular weight is 159 g/mol. The van der Waals surface area contributed by atoms with Gasteiger partial charge in [-0.3, -0.25) is 9.59 Å². The van der Waals surface area contributed by atoms with Gasteiger partial charge in [-0.25, -0.2) is 0 Å². The predicted octanol–water partition coefficient (Wildman–Crippen LogP) is -1.80. The van der Waals surface area contributed by atoms with E-state index in [1.165, 1.54) is 0 Å². The lowest BCUT2D eigenvalue weighted by Gasteiger charge is -2.02. The van der Waals surface area contributed by atoms with Crippen LogP contribution in [0.5, 0.6) is 0 Å². The van der Waals surface area contributed by atoms with Gasteiger partial charge in [0.1, 0.15) is 0 Å². The van der Waals surface area contributed by atoms with Crippen molar-refractivity contribution in [3.05, 3.63) is 0 Å². The molecular weight excluding hydrogens is 146 g/mol. The third kappa shape index (κ3) is 5.35. The molecule has 0 heterocycles. The van der Waals surface area contributed by atoms with Gasteiger partial charge in [-0.2, -0.15) is 0 Å². The maximum Gasteiger partial charge on any atom is 0.239 e. The van der Waals surface area contributed by atoms with Gasteiger partial charge < -0.3 is 16.4 Å². The third-order valence-electron chi connectivity index (χ3n) is 1.01. The van der Waals surface area contributed by atoms with E-state index in [4.69, 9.17) is 5.73 Å². The van der Waals surface area contributed by atoms with Crippen LogP contribution in [0.15, 0.2) is 0 Å². The number of carbonyl (C=O) groups is 2. The Morgan fingerprint density at radius 1 is 1.27 bits per heavy atom. The molecule has 5 heteroatoms. The van der Waals surface area contributed by atoms with Crippen molar-refractivity contribution in [1.29, 1.82) is 0 Å². The van der Waals surface area contributed by atoms with E-state index in [9.17, 15) is 9.59 Å². The summed E-state index contributed by atoms with van der Waals surface area (Å²) in [5.41, 5.74) is 4.99. The first-order valence-corrected chi connectivity index (χ1v) is 3.44. The predicted molar refractivity (Wildman–Crippen MR) is 40.7 cm³/mol. The molecule has 64 valence electrons. The second-order valence-corrected chi connectivity index (χ2v) is 1.93. The van der Waals surface area contributed by atoms with Crippen LogP contribution >= 0.6 is 0 Å². The van der Waals surface area contributed by atoms with Crippen LogP contribution in [0, 0.1) is 0 Å². The van der Waals surface area contributed by atoms with Gasteiger partial charge in [0, 0.05) is 6.54 Å². The van der Waals surface area contributed by atoms with Gasteiger partial charge in [0.2, 0.25) is 11.8 Å². The van der Waals surface area contributed by atoms with Gasteiger partial charge >= 0.3 is 0 Å². The first-order chi connectivity index (χ1) is 5.20. The summed E-state index contributed by atoms with van der Waals surface area (Å²) in [4.78, 5) is 21.2. The summed E-state index contributed by atoms with van der Waals surface area (Å²) < 4.78 is 0. The van der Waals surface area contributed by atoms with Crippen molar-refractivity contribution in [2.24, 2.45) is 5.73 Å². The lowest BCUT2D eigenvalue weighted by molar-refractivity contribution is -0.125. The van der Waals surface area contributed by atoms with E-state index in [-0.39, 0.29) is 24.9 Å². The molecule has 2 amide bonds. The number of rotatable bonds is 4. The van der Waals surface area contributed by atoms with Crippen molar-refractivity contribution in [3.8, 4) is 0 Å². The molecule has 11 heavy (non-hydrogen) atoms. The summed E-state index contributed by atoms with van der Waals surface area (Å²) in [6.45, 7) is 2.29. The van der Waals surface area contributed by atoms with E-state index in [1.54, 1.807) is 0 Å². The largest absolute Gasteiger partial charge is 0.355 e. The van der Waals surface area contributed by atoms with Gasteiger partial charge in [0.05, 0.1) is 13.1 Å². The minimum atomic E-state index is -0.323. The van der Waals surface area contributed by atoms with E-state index in [2.05, 4.69) is 10.6 Å². The number of carbonyl (C=O) groups excluding carboxylic acids is 2. The fraction of sp³-hybridized carbons (Fsp3) is 0.667. The molecule has 0 unspecified atom stereocenters. The van der Waals surface area contributed by atoms with Crippen molar-refractivity contribution < 1.29 is 9.59 Å². The van der Waals surface area contributed by atoms with Crippen molar-refractivity contribution in [2.75, 3.05) is 19.6 Å². The molecule has 0 radical (unpaired) electrons. The SMILES string of the molecule is CCNC(=O)CNC(=O)CN. The number of nitrogens with one attached hydrogen (secondary N) is 2. The second kappa shape index (κ2) is 5.67. The molecule has 0 fully saturated rings. The Balaban J connectivity index is 3.38. The Hall–Kier alpha value is -1.10. The molecule has 0 bridgehead atoms. The molecule has 0 spiro atoms. The monoisotopic (exact) mass is 159 g/mol. The Labute approximate surface area is 65.3 Å². The smallest absolute Gasteiger partial charge is 0.239 e.